The molecule has 1 saturated heterocycles. The van der Waals surface area contributed by atoms with Crippen LogP contribution in [0.1, 0.15) is 21.5 Å². The number of ether oxygens (including phenoxy) is 1. The van der Waals surface area contributed by atoms with E-state index < -0.39 is 5.97 Å². The second kappa shape index (κ2) is 12.0. The molecule has 216 valence electrons. The second-order valence-electron chi connectivity index (χ2n) is 10.8. The van der Waals surface area contributed by atoms with Gasteiger partial charge in [-0.05, 0) is 44.2 Å². The molecule has 2 heterocycles. The van der Waals surface area contributed by atoms with E-state index in [2.05, 4.69) is 0 Å². The number of amides is 1. The first kappa shape index (κ1) is 28.0. The number of hydrogen-bond acceptors (Lipinski definition) is 6. The normalized spacial score (nSPS) is 13.3. The molecule has 0 N–H and O–H groups in total. The zero-order valence-corrected chi connectivity index (χ0v) is 24.1. The maximum Gasteiger partial charge on any atom is 0.338 e. The Hall–Kier alpha value is -5.11. The van der Waals surface area contributed by atoms with Gasteiger partial charge in [-0.2, -0.15) is 0 Å². The molecule has 0 spiro atoms. The first-order valence-electron chi connectivity index (χ1n) is 14.3. The third-order valence-corrected chi connectivity index (χ3v) is 7.70. The average molecular weight is 575 g/mol. The van der Waals surface area contributed by atoms with Crippen LogP contribution in [0.5, 0.6) is 0 Å². The molecule has 0 aliphatic carbocycles. The molecule has 7 nitrogen and oxygen atoms in total. The number of rotatable bonds is 6. The number of carbonyl (C=O) groups is 2. The quantitative estimate of drug-likeness (QED) is 0.224. The molecule has 1 fully saturated rings. The summed E-state index contributed by atoms with van der Waals surface area (Å²) in [5.74, 6) is -1.18. The number of para-hydroxylation sites is 1. The lowest BCUT2D eigenvalue weighted by molar-refractivity contribution is -0.134. The summed E-state index contributed by atoms with van der Waals surface area (Å²) in [7, 11) is 0. The minimum absolute atomic E-state index is 0.284. The molecule has 5 aromatic rings. The third kappa shape index (κ3) is 6.09. The van der Waals surface area contributed by atoms with Gasteiger partial charge in [0, 0.05) is 37.3 Å². The summed E-state index contributed by atoms with van der Waals surface area (Å²) in [6.07, 6.45) is 0. The van der Waals surface area contributed by atoms with E-state index in [1.54, 1.807) is 41.3 Å². The molecule has 0 atom stereocenters. The van der Waals surface area contributed by atoms with Crippen molar-refractivity contribution in [2.24, 2.45) is 0 Å². The molecule has 0 radical (unpaired) electrons. The van der Waals surface area contributed by atoms with Crippen molar-refractivity contribution in [2.45, 2.75) is 13.8 Å². The van der Waals surface area contributed by atoms with Crippen LogP contribution in [-0.2, 0) is 9.53 Å². The van der Waals surface area contributed by atoms with Crippen molar-refractivity contribution in [3.05, 3.63) is 114 Å². The Balaban J connectivity index is 1.18. The molecule has 1 aliphatic rings. The second-order valence-corrected chi connectivity index (χ2v) is 10.8. The van der Waals surface area contributed by atoms with Crippen molar-refractivity contribution in [3.63, 3.8) is 0 Å². The molecule has 6 rings (SSSR count). The molecule has 0 bridgehead atoms. The predicted octanol–water partition coefficient (Wildman–Crippen LogP) is 6.23. The number of esters is 1. The van der Waals surface area contributed by atoms with Crippen molar-refractivity contribution in [3.8, 4) is 22.5 Å². The van der Waals surface area contributed by atoms with E-state index in [1.165, 1.54) is 6.07 Å². The number of benzene rings is 4. The first-order chi connectivity index (χ1) is 20.9. The van der Waals surface area contributed by atoms with Gasteiger partial charge in [0.2, 0.25) is 0 Å². The number of carbonyl (C=O) groups excluding carboxylic acids is 2. The van der Waals surface area contributed by atoms with Gasteiger partial charge in [0.25, 0.3) is 5.91 Å². The fraction of sp³-hybridized carbons (Fsp3) is 0.200. The highest BCUT2D eigenvalue weighted by Crippen LogP contribution is 2.32. The molecule has 8 heteroatoms. The van der Waals surface area contributed by atoms with Crippen LogP contribution in [0.2, 0.25) is 0 Å². The fourth-order valence-electron chi connectivity index (χ4n) is 5.21. The Bertz CT molecular complexity index is 1800. The van der Waals surface area contributed by atoms with Gasteiger partial charge in [0.15, 0.2) is 6.61 Å². The first-order valence-corrected chi connectivity index (χ1v) is 14.3. The lowest BCUT2D eigenvalue weighted by atomic mass is 10.0. The van der Waals surface area contributed by atoms with Gasteiger partial charge in [-0.15, -0.1) is 0 Å². The van der Waals surface area contributed by atoms with Crippen LogP contribution >= 0.6 is 0 Å². The topological polar surface area (TPSA) is 75.6 Å². The summed E-state index contributed by atoms with van der Waals surface area (Å²) in [5.41, 5.74) is 7.65. The van der Waals surface area contributed by atoms with Gasteiger partial charge in [0.05, 0.1) is 33.7 Å². The lowest BCUT2D eigenvalue weighted by Gasteiger charge is -2.36. The standard InChI is InChI=1S/C35H31FN4O3/c1-23-7-11-25(12-8-23)33-34(26-13-9-24(2)10-14-26)38-30-21-27(15-16-29(30)37-33)35(42)43-22-32(41)40-19-17-39(18-20-40)31-6-4-3-5-28(31)36/h3-16,21H,17-20,22H2,1-2H3. The number of aromatic nitrogens is 2. The number of fused-ring (bicyclic) bond motifs is 1. The summed E-state index contributed by atoms with van der Waals surface area (Å²) < 4.78 is 19.5. The van der Waals surface area contributed by atoms with Crippen LogP contribution in [0.4, 0.5) is 10.1 Å². The highest BCUT2D eigenvalue weighted by molar-refractivity contribution is 5.96. The predicted molar refractivity (Wildman–Crippen MR) is 165 cm³/mol. The van der Waals surface area contributed by atoms with E-state index in [0.29, 0.717) is 48.6 Å². The molecule has 1 aromatic heterocycles. The molecular weight excluding hydrogens is 543 g/mol. The van der Waals surface area contributed by atoms with Crippen LogP contribution < -0.4 is 4.90 Å². The summed E-state index contributed by atoms with van der Waals surface area (Å²) in [4.78, 5) is 39.2. The van der Waals surface area contributed by atoms with E-state index >= 15 is 0 Å². The Kier molecular flexibility index (Phi) is 7.83. The Morgan fingerprint density at radius 3 is 1.93 bits per heavy atom. The molecule has 1 amide bonds. The van der Waals surface area contributed by atoms with Gasteiger partial charge >= 0.3 is 5.97 Å². The van der Waals surface area contributed by atoms with Crippen molar-refractivity contribution < 1.29 is 18.7 Å². The Labute approximate surface area is 249 Å². The van der Waals surface area contributed by atoms with Crippen LogP contribution in [0, 0.1) is 19.7 Å². The largest absolute Gasteiger partial charge is 0.452 e. The van der Waals surface area contributed by atoms with Crippen LogP contribution in [0.3, 0.4) is 0 Å². The van der Waals surface area contributed by atoms with Gasteiger partial charge in [-0.1, -0.05) is 71.8 Å². The number of hydrogen-bond donors (Lipinski definition) is 0. The van der Waals surface area contributed by atoms with Gasteiger partial charge in [0.1, 0.15) is 5.82 Å². The monoisotopic (exact) mass is 574 g/mol. The van der Waals surface area contributed by atoms with E-state index in [9.17, 15) is 14.0 Å². The summed E-state index contributed by atoms with van der Waals surface area (Å²) in [6, 6.07) is 27.9. The number of piperazine rings is 1. The smallest absolute Gasteiger partial charge is 0.338 e. The summed E-state index contributed by atoms with van der Waals surface area (Å²) in [6.45, 7) is 5.53. The van der Waals surface area contributed by atoms with Crippen molar-refractivity contribution in [1.29, 1.82) is 0 Å². The Morgan fingerprint density at radius 1 is 0.744 bits per heavy atom. The molecule has 43 heavy (non-hydrogen) atoms. The summed E-state index contributed by atoms with van der Waals surface area (Å²) >= 11 is 0. The average Bonchev–Trinajstić information content (AvgIpc) is 3.03. The molecule has 0 unspecified atom stereocenters. The van der Waals surface area contributed by atoms with E-state index in [4.69, 9.17) is 14.7 Å². The summed E-state index contributed by atoms with van der Waals surface area (Å²) in [5, 5.41) is 0. The number of aryl methyl sites for hydroxylation is 2. The minimum atomic E-state index is -0.610. The third-order valence-electron chi connectivity index (χ3n) is 7.70. The lowest BCUT2D eigenvalue weighted by Crippen LogP contribution is -2.50. The number of anilines is 1. The molecule has 1 aliphatic heterocycles. The van der Waals surface area contributed by atoms with E-state index in [0.717, 1.165) is 27.9 Å². The number of nitrogens with zero attached hydrogens (tertiary/aromatic N) is 4. The van der Waals surface area contributed by atoms with Gasteiger partial charge in [-0.3, -0.25) is 4.79 Å². The SMILES string of the molecule is Cc1ccc(-c2nc3ccc(C(=O)OCC(=O)N4CCN(c5ccccc5F)CC4)cc3nc2-c2ccc(C)cc2)cc1. The van der Waals surface area contributed by atoms with Crippen molar-refractivity contribution >= 4 is 28.6 Å². The van der Waals surface area contributed by atoms with E-state index in [1.807, 2.05) is 67.3 Å². The van der Waals surface area contributed by atoms with E-state index in [-0.39, 0.29) is 23.9 Å². The van der Waals surface area contributed by atoms with Crippen LogP contribution in [0.15, 0.2) is 91.0 Å². The zero-order valence-electron chi connectivity index (χ0n) is 24.1. The maximum absolute atomic E-state index is 14.1. The maximum atomic E-state index is 14.1. The van der Waals surface area contributed by atoms with Crippen molar-refractivity contribution in [1.82, 2.24) is 14.9 Å². The van der Waals surface area contributed by atoms with Crippen LogP contribution in [0.25, 0.3) is 33.5 Å². The molecular formula is C35H31FN4O3. The highest BCUT2D eigenvalue weighted by Gasteiger charge is 2.24. The zero-order chi connectivity index (χ0) is 29.9. The van der Waals surface area contributed by atoms with Crippen LogP contribution in [-0.4, -0.2) is 59.5 Å². The van der Waals surface area contributed by atoms with Gasteiger partial charge < -0.3 is 14.5 Å². The Morgan fingerprint density at radius 2 is 1.33 bits per heavy atom. The molecule has 0 saturated carbocycles. The molecule has 4 aromatic carbocycles. The fourth-order valence-corrected chi connectivity index (χ4v) is 5.21. The minimum Gasteiger partial charge on any atom is -0.452 e. The van der Waals surface area contributed by atoms with Crippen molar-refractivity contribution in [2.75, 3.05) is 37.7 Å². The number of halogens is 1. The highest BCUT2D eigenvalue weighted by atomic mass is 19.1. The van der Waals surface area contributed by atoms with Gasteiger partial charge in [-0.25, -0.2) is 19.2 Å².